The molecule has 1 saturated heterocycles. The molecule has 1 aromatic carbocycles. The first-order chi connectivity index (χ1) is 17.5. The predicted molar refractivity (Wildman–Crippen MR) is 138 cm³/mol. The lowest BCUT2D eigenvalue weighted by Crippen LogP contribution is -2.48. The van der Waals surface area contributed by atoms with E-state index < -0.39 is 0 Å². The van der Waals surface area contributed by atoms with Crippen LogP contribution in [0.2, 0.25) is 0 Å². The van der Waals surface area contributed by atoms with Crippen molar-refractivity contribution in [1.29, 1.82) is 5.26 Å². The maximum absolute atomic E-state index is 13.1. The van der Waals surface area contributed by atoms with Crippen molar-refractivity contribution in [1.82, 2.24) is 20.1 Å². The van der Waals surface area contributed by atoms with Gasteiger partial charge in [0.2, 0.25) is 5.91 Å². The molecule has 1 fully saturated rings. The summed E-state index contributed by atoms with van der Waals surface area (Å²) >= 11 is 1.55. The Hall–Kier alpha value is -3.65. The maximum Gasteiger partial charge on any atom is 0.409 e. The fourth-order valence-corrected chi connectivity index (χ4v) is 4.66. The minimum atomic E-state index is -0.351. The smallest absolute Gasteiger partial charge is 0.409 e. The number of carbonyl (C=O) groups excluding carboxylic acids is 3. The Kier molecular flexibility index (Phi) is 10.1. The quantitative estimate of drug-likeness (QED) is 0.486. The second-order valence-electron chi connectivity index (χ2n) is 8.28. The van der Waals surface area contributed by atoms with Crippen molar-refractivity contribution in [2.75, 3.05) is 57.3 Å². The number of thiazole rings is 1. The van der Waals surface area contributed by atoms with E-state index in [1.807, 2.05) is 30.5 Å². The molecule has 0 saturated carbocycles. The number of unbranched alkanes of at least 4 members (excludes halogenated alkanes) is 1. The van der Waals surface area contributed by atoms with E-state index in [1.165, 1.54) is 4.90 Å². The van der Waals surface area contributed by atoms with Crippen molar-refractivity contribution in [2.24, 2.45) is 0 Å². The van der Waals surface area contributed by atoms with Gasteiger partial charge in [-0.05, 0) is 25.5 Å². The highest BCUT2D eigenvalue weighted by Crippen LogP contribution is 2.28. The molecule has 36 heavy (non-hydrogen) atoms. The average molecular weight is 513 g/mol. The largest absolute Gasteiger partial charge is 0.450 e. The van der Waals surface area contributed by atoms with Crippen LogP contribution >= 0.6 is 11.3 Å². The lowest BCUT2D eigenvalue weighted by atomic mass is 10.1. The van der Waals surface area contributed by atoms with Crippen molar-refractivity contribution in [3.63, 3.8) is 0 Å². The number of piperazine rings is 1. The summed E-state index contributed by atoms with van der Waals surface area (Å²) in [5.41, 5.74) is 2.21. The first kappa shape index (κ1) is 26.9. The first-order valence-corrected chi connectivity index (χ1v) is 13.0. The molecule has 192 valence electrons. The molecule has 1 aliphatic heterocycles. The molecule has 1 aliphatic rings. The number of aromatic nitrogens is 1. The zero-order chi connectivity index (χ0) is 25.9. The number of nitrogens with zero attached hydrogens (tertiary/aromatic N) is 5. The van der Waals surface area contributed by atoms with Crippen LogP contribution in [0.25, 0.3) is 11.3 Å². The van der Waals surface area contributed by atoms with Crippen LogP contribution in [0, 0.1) is 11.3 Å². The number of carbonyl (C=O) groups is 3. The van der Waals surface area contributed by atoms with Crippen LogP contribution in [0.3, 0.4) is 0 Å². The van der Waals surface area contributed by atoms with Crippen molar-refractivity contribution in [3.8, 4) is 17.3 Å². The third kappa shape index (κ3) is 7.18. The lowest BCUT2D eigenvalue weighted by molar-refractivity contribution is -0.121. The number of ether oxygens (including phenoxy) is 1. The molecule has 10 nitrogen and oxygen atoms in total. The van der Waals surface area contributed by atoms with Gasteiger partial charge in [-0.2, -0.15) is 5.26 Å². The molecular weight excluding hydrogens is 480 g/mol. The molecule has 1 aromatic heterocycles. The Morgan fingerprint density at radius 1 is 1.17 bits per heavy atom. The normalized spacial score (nSPS) is 13.1. The van der Waals surface area contributed by atoms with Gasteiger partial charge in [-0.15, -0.1) is 11.3 Å². The molecule has 0 spiro atoms. The number of benzene rings is 1. The van der Waals surface area contributed by atoms with E-state index in [1.54, 1.807) is 35.3 Å². The van der Waals surface area contributed by atoms with Crippen LogP contribution in [0.1, 0.15) is 37.0 Å². The molecule has 3 rings (SSSR count). The molecule has 0 radical (unpaired) electrons. The van der Waals surface area contributed by atoms with E-state index in [0.717, 1.165) is 29.2 Å². The summed E-state index contributed by atoms with van der Waals surface area (Å²) in [5, 5.41) is 14.0. The number of nitriles is 1. The standard InChI is InChI=1S/C25H32N6O4S/c1-3-5-12-31(17-22(32)27-11-10-26)23(33)20-8-6-19(7-9-20)21-18-36-24(28-21)29-13-15-30(16-14-29)25(34)35-4-2/h6-9,18H,3-5,11-17H2,1-2H3,(H,27,32). The number of hydrogen-bond donors (Lipinski definition) is 1. The molecule has 2 aromatic rings. The van der Waals surface area contributed by atoms with E-state index in [0.29, 0.717) is 44.9 Å². The third-order valence-corrected chi connectivity index (χ3v) is 6.67. The van der Waals surface area contributed by atoms with Crippen LogP contribution in [-0.4, -0.2) is 85.1 Å². The van der Waals surface area contributed by atoms with Crippen LogP contribution in [0.4, 0.5) is 9.93 Å². The van der Waals surface area contributed by atoms with Crippen molar-refractivity contribution >= 4 is 34.4 Å². The van der Waals surface area contributed by atoms with Gasteiger partial charge in [0.05, 0.1) is 24.9 Å². The highest BCUT2D eigenvalue weighted by molar-refractivity contribution is 7.14. The van der Waals surface area contributed by atoms with E-state index >= 15 is 0 Å². The number of anilines is 1. The highest BCUT2D eigenvalue weighted by atomic mass is 32.1. The van der Waals surface area contributed by atoms with E-state index in [-0.39, 0.29) is 31.0 Å². The summed E-state index contributed by atoms with van der Waals surface area (Å²) in [6.45, 7) is 7.05. The molecule has 0 bridgehead atoms. The molecule has 0 aliphatic carbocycles. The van der Waals surface area contributed by atoms with Crippen molar-refractivity contribution in [2.45, 2.75) is 26.7 Å². The molecule has 11 heteroatoms. The summed E-state index contributed by atoms with van der Waals surface area (Å²) in [6.07, 6.45) is 1.40. The van der Waals surface area contributed by atoms with Gasteiger partial charge >= 0.3 is 6.09 Å². The molecule has 2 heterocycles. The number of nitrogens with one attached hydrogen (secondary N) is 1. The van der Waals surface area contributed by atoms with Crippen LogP contribution in [0.15, 0.2) is 29.6 Å². The molecule has 0 unspecified atom stereocenters. The topological polar surface area (TPSA) is 119 Å². The Morgan fingerprint density at radius 2 is 1.89 bits per heavy atom. The van der Waals surface area contributed by atoms with Crippen LogP contribution < -0.4 is 10.2 Å². The minimum absolute atomic E-state index is 0.0822. The fourth-order valence-electron chi connectivity index (χ4n) is 3.77. The van der Waals surface area contributed by atoms with Gasteiger partial charge < -0.3 is 24.8 Å². The molecular formula is C25H32N6O4S. The first-order valence-electron chi connectivity index (χ1n) is 12.1. The molecule has 1 N–H and O–H groups in total. The van der Waals surface area contributed by atoms with E-state index in [9.17, 15) is 14.4 Å². The summed E-state index contributed by atoms with van der Waals surface area (Å²) in [7, 11) is 0. The van der Waals surface area contributed by atoms with Crippen LogP contribution in [0.5, 0.6) is 0 Å². The zero-order valence-corrected chi connectivity index (χ0v) is 21.6. The highest BCUT2D eigenvalue weighted by Gasteiger charge is 2.24. The Balaban J connectivity index is 1.62. The molecule has 3 amide bonds. The second-order valence-corrected chi connectivity index (χ2v) is 9.12. The van der Waals surface area contributed by atoms with Crippen molar-refractivity contribution in [3.05, 3.63) is 35.2 Å². The monoisotopic (exact) mass is 512 g/mol. The zero-order valence-electron chi connectivity index (χ0n) is 20.7. The fraction of sp³-hybridized carbons (Fsp3) is 0.480. The van der Waals surface area contributed by atoms with Gasteiger partial charge in [0.1, 0.15) is 6.54 Å². The summed E-state index contributed by atoms with van der Waals surface area (Å²) in [5.74, 6) is -0.573. The van der Waals surface area contributed by atoms with E-state index in [4.69, 9.17) is 15.0 Å². The average Bonchev–Trinajstić information content (AvgIpc) is 3.40. The Bertz CT molecular complexity index is 1070. The SMILES string of the molecule is CCCCN(CC(=O)NCC#N)C(=O)c1ccc(-c2csc(N3CCN(C(=O)OCC)CC3)n2)cc1. The van der Waals surface area contributed by atoms with Crippen molar-refractivity contribution < 1.29 is 19.1 Å². The minimum Gasteiger partial charge on any atom is -0.450 e. The number of rotatable bonds is 10. The summed E-state index contributed by atoms with van der Waals surface area (Å²) in [6, 6.07) is 9.09. The second kappa shape index (κ2) is 13.4. The van der Waals surface area contributed by atoms with Gasteiger partial charge in [-0.1, -0.05) is 25.5 Å². The maximum atomic E-state index is 13.1. The summed E-state index contributed by atoms with van der Waals surface area (Å²) < 4.78 is 5.08. The lowest BCUT2D eigenvalue weighted by Gasteiger charge is -2.33. The van der Waals surface area contributed by atoms with E-state index in [2.05, 4.69) is 10.2 Å². The van der Waals surface area contributed by atoms with Gasteiger partial charge in [-0.3, -0.25) is 9.59 Å². The van der Waals surface area contributed by atoms with Crippen LogP contribution in [-0.2, 0) is 9.53 Å². The predicted octanol–water partition coefficient (Wildman–Crippen LogP) is 2.97. The third-order valence-electron chi connectivity index (χ3n) is 5.76. The Morgan fingerprint density at radius 3 is 2.53 bits per heavy atom. The van der Waals surface area contributed by atoms with Gasteiger partial charge in [0.15, 0.2) is 5.13 Å². The van der Waals surface area contributed by atoms with Gasteiger partial charge in [0, 0.05) is 49.2 Å². The Labute approximate surface area is 215 Å². The summed E-state index contributed by atoms with van der Waals surface area (Å²) in [4.78, 5) is 47.2. The van der Waals surface area contributed by atoms with Gasteiger partial charge in [0.25, 0.3) is 5.91 Å². The molecule has 0 atom stereocenters. The van der Waals surface area contributed by atoms with Gasteiger partial charge in [-0.25, -0.2) is 9.78 Å². The number of hydrogen-bond acceptors (Lipinski definition) is 8. The number of amides is 3.